The Balaban J connectivity index is 1.65. The molecule has 1 heterocycles. The van der Waals surface area contributed by atoms with Crippen LogP contribution in [0, 0.1) is 0 Å². The van der Waals surface area contributed by atoms with Crippen LogP contribution in [-0.2, 0) is 19.8 Å². The van der Waals surface area contributed by atoms with E-state index in [1.165, 1.54) is 0 Å². The standard InChI is InChI=1S/C26H23ClN2O2/c27-22-12-11-21(16-28)24(15-22)23-13-14-25(30-17-19-7-3-1-4-8-19)29-26(23)31-18-20-9-5-2-6-10-20/h1-15H,16-18,28H2. The van der Waals surface area contributed by atoms with Crippen LogP contribution < -0.4 is 15.2 Å². The van der Waals surface area contributed by atoms with Gasteiger partial charge in [-0.05, 0) is 40.5 Å². The summed E-state index contributed by atoms with van der Waals surface area (Å²) >= 11 is 6.27. The van der Waals surface area contributed by atoms with Crippen molar-refractivity contribution in [3.63, 3.8) is 0 Å². The third kappa shape index (κ3) is 5.43. The number of hydrogen-bond donors (Lipinski definition) is 1. The smallest absolute Gasteiger partial charge is 0.225 e. The summed E-state index contributed by atoms with van der Waals surface area (Å²) in [5.74, 6) is 0.971. The highest BCUT2D eigenvalue weighted by Gasteiger charge is 2.15. The van der Waals surface area contributed by atoms with Gasteiger partial charge in [-0.15, -0.1) is 0 Å². The Morgan fingerprint density at radius 2 is 1.35 bits per heavy atom. The summed E-state index contributed by atoms with van der Waals surface area (Å²) in [5, 5.41) is 0.630. The van der Waals surface area contributed by atoms with Crippen LogP contribution in [0.3, 0.4) is 0 Å². The van der Waals surface area contributed by atoms with E-state index in [1.807, 2.05) is 91.0 Å². The molecule has 0 radical (unpaired) electrons. The average molecular weight is 431 g/mol. The van der Waals surface area contributed by atoms with Crippen LogP contribution in [0.1, 0.15) is 16.7 Å². The largest absolute Gasteiger partial charge is 0.473 e. The molecule has 4 nitrogen and oxygen atoms in total. The van der Waals surface area contributed by atoms with Gasteiger partial charge in [0.2, 0.25) is 11.8 Å². The molecule has 0 unspecified atom stereocenters. The van der Waals surface area contributed by atoms with E-state index in [0.29, 0.717) is 36.5 Å². The first-order valence-electron chi connectivity index (χ1n) is 10.1. The molecule has 156 valence electrons. The maximum absolute atomic E-state index is 6.27. The summed E-state index contributed by atoms with van der Waals surface area (Å²) in [6.07, 6.45) is 0. The van der Waals surface area contributed by atoms with Gasteiger partial charge in [-0.25, -0.2) is 0 Å². The number of pyridine rings is 1. The van der Waals surface area contributed by atoms with Gasteiger partial charge in [0.05, 0.1) is 0 Å². The van der Waals surface area contributed by atoms with Gasteiger partial charge in [-0.2, -0.15) is 4.98 Å². The Labute approximate surface area is 187 Å². The molecule has 3 aromatic carbocycles. The first-order valence-corrected chi connectivity index (χ1v) is 10.4. The van der Waals surface area contributed by atoms with E-state index in [-0.39, 0.29) is 0 Å². The topological polar surface area (TPSA) is 57.4 Å². The quantitative estimate of drug-likeness (QED) is 0.371. The third-order valence-electron chi connectivity index (χ3n) is 4.86. The molecule has 0 saturated carbocycles. The second-order valence-electron chi connectivity index (χ2n) is 7.06. The highest BCUT2D eigenvalue weighted by Crippen LogP contribution is 2.35. The Hall–Kier alpha value is -3.34. The SMILES string of the molecule is NCc1ccc(Cl)cc1-c1ccc(OCc2ccccc2)nc1OCc1ccccc1. The van der Waals surface area contributed by atoms with Crippen molar-refractivity contribution in [2.45, 2.75) is 19.8 Å². The molecule has 5 heteroatoms. The molecule has 0 saturated heterocycles. The van der Waals surface area contributed by atoms with E-state index in [0.717, 1.165) is 27.8 Å². The number of hydrogen-bond acceptors (Lipinski definition) is 4. The molecule has 2 N–H and O–H groups in total. The van der Waals surface area contributed by atoms with E-state index in [1.54, 1.807) is 0 Å². The van der Waals surface area contributed by atoms with Crippen molar-refractivity contribution >= 4 is 11.6 Å². The normalized spacial score (nSPS) is 10.6. The molecule has 4 aromatic rings. The van der Waals surface area contributed by atoms with Crippen molar-refractivity contribution in [3.05, 3.63) is 113 Å². The van der Waals surface area contributed by atoms with Crippen molar-refractivity contribution in [1.82, 2.24) is 4.98 Å². The van der Waals surface area contributed by atoms with E-state index >= 15 is 0 Å². The summed E-state index contributed by atoms with van der Waals surface area (Å²) in [7, 11) is 0. The maximum atomic E-state index is 6.27. The summed E-state index contributed by atoms with van der Waals surface area (Å²) in [6.45, 7) is 1.20. The van der Waals surface area contributed by atoms with Crippen molar-refractivity contribution in [2.75, 3.05) is 0 Å². The summed E-state index contributed by atoms with van der Waals surface area (Å²) in [4.78, 5) is 4.66. The molecule has 31 heavy (non-hydrogen) atoms. The summed E-state index contributed by atoms with van der Waals surface area (Å²) < 4.78 is 12.0. The molecule has 0 fully saturated rings. The highest BCUT2D eigenvalue weighted by atomic mass is 35.5. The first kappa shape index (κ1) is 20.9. The molecule has 0 aliphatic carbocycles. The zero-order valence-electron chi connectivity index (χ0n) is 17.0. The second kappa shape index (κ2) is 10.1. The Bertz CT molecular complexity index is 1130. The minimum Gasteiger partial charge on any atom is -0.473 e. The van der Waals surface area contributed by atoms with Crippen LogP contribution in [0.5, 0.6) is 11.8 Å². The molecular formula is C26H23ClN2O2. The first-order chi connectivity index (χ1) is 15.2. The lowest BCUT2D eigenvalue weighted by Gasteiger charge is -2.15. The number of nitrogens with two attached hydrogens (primary N) is 1. The van der Waals surface area contributed by atoms with Crippen LogP contribution >= 0.6 is 11.6 Å². The lowest BCUT2D eigenvalue weighted by Crippen LogP contribution is -2.04. The Morgan fingerprint density at radius 3 is 2.00 bits per heavy atom. The second-order valence-corrected chi connectivity index (χ2v) is 7.49. The van der Waals surface area contributed by atoms with Crippen molar-refractivity contribution in [3.8, 4) is 22.9 Å². The minimum absolute atomic E-state index is 0.386. The van der Waals surface area contributed by atoms with Crippen molar-refractivity contribution in [1.29, 1.82) is 0 Å². The fourth-order valence-electron chi connectivity index (χ4n) is 3.25. The molecular weight excluding hydrogens is 408 g/mol. The van der Waals surface area contributed by atoms with Gasteiger partial charge < -0.3 is 15.2 Å². The highest BCUT2D eigenvalue weighted by molar-refractivity contribution is 6.30. The predicted octanol–water partition coefficient (Wildman–Crippen LogP) is 6.02. The fourth-order valence-corrected chi connectivity index (χ4v) is 3.43. The molecule has 0 aliphatic rings. The van der Waals surface area contributed by atoms with Crippen LogP contribution in [0.15, 0.2) is 91.0 Å². The third-order valence-corrected chi connectivity index (χ3v) is 5.10. The summed E-state index contributed by atoms with van der Waals surface area (Å²) in [5.41, 5.74) is 10.8. The molecule has 4 rings (SSSR count). The summed E-state index contributed by atoms with van der Waals surface area (Å²) in [6, 6.07) is 29.4. The number of benzene rings is 3. The predicted molar refractivity (Wildman–Crippen MR) is 124 cm³/mol. The van der Waals surface area contributed by atoms with Gasteiger partial charge in [-0.1, -0.05) is 78.3 Å². The fraction of sp³-hybridized carbons (Fsp3) is 0.115. The van der Waals surface area contributed by atoms with Crippen LogP contribution in [-0.4, -0.2) is 4.98 Å². The van der Waals surface area contributed by atoms with Gasteiger partial charge in [0, 0.05) is 23.2 Å². The lowest BCUT2D eigenvalue weighted by atomic mass is 10.0. The van der Waals surface area contributed by atoms with Crippen LogP contribution in [0.25, 0.3) is 11.1 Å². The number of aromatic nitrogens is 1. The Morgan fingerprint density at radius 1 is 0.710 bits per heavy atom. The monoisotopic (exact) mass is 430 g/mol. The zero-order chi connectivity index (χ0) is 21.5. The van der Waals surface area contributed by atoms with E-state index in [4.69, 9.17) is 26.8 Å². The van der Waals surface area contributed by atoms with Gasteiger partial charge in [0.1, 0.15) is 13.2 Å². The molecule has 0 amide bonds. The molecule has 0 atom stereocenters. The molecule has 0 bridgehead atoms. The van der Waals surface area contributed by atoms with E-state index < -0.39 is 0 Å². The van der Waals surface area contributed by atoms with E-state index in [2.05, 4.69) is 4.98 Å². The number of ether oxygens (including phenoxy) is 2. The number of rotatable bonds is 8. The van der Waals surface area contributed by atoms with Crippen molar-refractivity contribution < 1.29 is 9.47 Å². The van der Waals surface area contributed by atoms with Gasteiger partial charge in [0.25, 0.3) is 0 Å². The minimum atomic E-state index is 0.386. The Kier molecular flexibility index (Phi) is 6.82. The molecule has 0 aliphatic heterocycles. The number of nitrogens with zero attached hydrogens (tertiary/aromatic N) is 1. The molecule has 0 spiro atoms. The number of halogens is 1. The lowest BCUT2D eigenvalue weighted by molar-refractivity contribution is 0.268. The average Bonchev–Trinajstić information content (AvgIpc) is 2.83. The molecule has 1 aromatic heterocycles. The van der Waals surface area contributed by atoms with Crippen LogP contribution in [0.4, 0.5) is 0 Å². The van der Waals surface area contributed by atoms with Crippen molar-refractivity contribution in [2.24, 2.45) is 5.73 Å². The maximum Gasteiger partial charge on any atom is 0.225 e. The van der Waals surface area contributed by atoms with Gasteiger partial charge >= 0.3 is 0 Å². The van der Waals surface area contributed by atoms with Gasteiger partial charge in [-0.3, -0.25) is 0 Å². The van der Waals surface area contributed by atoms with Crippen LogP contribution in [0.2, 0.25) is 5.02 Å². The van der Waals surface area contributed by atoms with Gasteiger partial charge in [0.15, 0.2) is 0 Å². The van der Waals surface area contributed by atoms with E-state index in [9.17, 15) is 0 Å². The zero-order valence-corrected chi connectivity index (χ0v) is 17.8.